The highest BCUT2D eigenvalue weighted by Gasteiger charge is 2.14. The molecule has 0 amide bonds. The quantitative estimate of drug-likeness (QED) is 0.834. The van der Waals surface area contributed by atoms with Gasteiger partial charge in [0, 0.05) is 32.4 Å². The Balaban J connectivity index is 2.55. The first-order valence-corrected chi connectivity index (χ1v) is 6.46. The lowest BCUT2D eigenvalue weighted by Crippen LogP contribution is -2.06. The summed E-state index contributed by atoms with van der Waals surface area (Å²) >= 11 is 0. The van der Waals surface area contributed by atoms with E-state index < -0.39 is 0 Å². The lowest BCUT2D eigenvalue weighted by atomic mass is 10.2. The van der Waals surface area contributed by atoms with Crippen LogP contribution in [-0.2, 0) is 17.9 Å². The number of rotatable bonds is 7. The fraction of sp³-hybridized carbons (Fsp3) is 0.500. The van der Waals surface area contributed by atoms with Gasteiger partial charge in [0.15, 0.2) is 11.5 Å². The molecule has 110 valence electrons. The van der Waals surface area contributed by atoms with Crippen molar-refractivity contribution in [3.63, 3.8) is 0 Å². The molecule has 6 heteroatoms. The zero-order valence-electron chi connectivity index (χ0n) is 12.0. The number of fused-ring (bicyclic) bond motifs is 1. The summed E-state index contributed by atoms with van der Waals surface area (Å²) in [7, 11) is 4.84. The van der Waals surface area contributed by atoms with Gasteiger partial charge in [-0.2, -0.15) is 0 Å². The number of aryl methyl sites for hydroxylation is 1. The summed E-state index contributed by atoms with van der Waals surface area (Å²) in [5, 5.41) is 9.03. The summed E-state index contributed by atoms with van der Waals surface area (Å²) in [5.74, 6) is 2.14. The topological polar surface area (TPSA) is 65.7 Å². The molecule has 0 saturated carbocycles. The second kappa shape index (κ2) is 6.58. The number of benzene rings is 1. The number of aromatic nitrogens is 2. The fourth-order valence-corrected chi connectivity index (χ4v) is 2.22. The van der Waals surface area contributed by atoms with E-state index in [1.807, 2.05) is 16.7 Å². The van der Waals surface area contributed by atoms with Crippen LogP contribution < -0.4 is 9.47 Å². The molecule has 1 N–H and O–H groups in total. The number of aliphatic hydroxyl groups is 1. The minimum Gasteiger partial charge on any atom is -0.493 e. The van der Waals surface area contributed by atoms with Crippen LogP contribution in [0.25, 0.3) is 11.0 Å². The predicted molar refractivity (Wildman–Crippen MR) is 75.3 cm³/mol. The maximum Gasteiger partial charge on any atom is 0.163 e. The average molecular weight is 280 g/mol. The largest absolute Gasteiger partial charge is 0.493 e. The molecule has 1 aromatic carbocycles. The van der Waals surface area contributed by atoms with Crippen molar-refractivity contribution >= 4 is 11.0 Å². The lowest BCUT2D eigenvalue weighted by Gasteiger charge is -2.10. The van der Waals surface area contributed by atoms with Gasteiger partial charge < -0.3 is 23.9 Å². The van der Waals surface area contributed by atoms with E-state index >= 15 is 0 Å². The van der Waals surface area contributed by atoms with Crippen molar-refractivity contribution in [3.05, 3.63) is 18.0 Å². The van der Waals surface area contributed by atoms with Crippen LogP contribution in [0.3, 0.4) is 0 Å². The van der Waals surface area contributed by atoms with Crippen LogP contribution >= 0.6 is 0 Å². The van der Waals surface area contributed by atoms with Gasteiger partial charge in [-0.05, 0) is 6.42 Å². The summed E-state index contributed by atoms with van der Waals surface area (Å²) in [6, 6.07) is 3.75. The summed E-state index contributed by atoms with van der Waals surface area (Å²) < 4.78 is 17.8. The third kappa shape index (κ3) is 2.71. The van der Waals surface area contributed by atoms with E-state index in [2.05, 4.69) is 4.98 Å². The normalized spacial score (nSPS) is 11.0. The van der Waals surface area contributed by atoms with Gasteiger partial charge in [-0.1, -0.05) is 0 Å². The summed E-state index contributed by atoms with van der Waals surface area (Å²) in [6.45, 7) is 1.24. The second-order valence-electron chi connectivity index (χ2n) is 4.39. The first-order chi connectivity index (χ1) is 9.74. The van der Waals surface area contributed by atoms with Crippen molar-refractivity contribution < 1.29 is 19.3 Å². The van der Waals surface area contributed by atoms with Crippen LogP contribution in [0.1, 0.15) is 12.2 Å². The third-order valence-electron chi connectivity index (χ3n) is 3.15. The van der Waals surface area contributed by atoms with E-state index in [0.717, 1.165) is 16.9 Å². The van der Waals surface area contributed by atoms with Gasteiger partial charge in [0.05, 0.1) is 25.3 Å². The molecule has 6 nitrogen and oxygen atoms in total. The molecular formula is C14H20N2O4. The Morgan fingerprint density at radius 1 is 1.15 bits per heavy atom. The number of nitrogens with zero attached hydrogens (tertiary/aromatic N) is 2. The molecule has 0 saturated heterocycles. The number of ether oxygens (including phenoxy) is 3. The molecule has 1 heterocycles. The molecule has 0 bridgehead atoms. The zero-order valence-corrected chi connectivity index (χ0v) is 12.0. The van der Waals surface area contributed by atoms with Crippen molar-refractivity contribution in [2.24, 2.45) is 0 Å². The van der Waals surface area contributed by atoms with Crippen molar-refractivity contribution in [2.75, 3.05) is 27.9 Å². The van der Waals surface area contributed by atoms with Crippen LogP contribution in [0, 0.1) is 0 Å². The highest BCUT2D eigenvalue weighted by Crippen LogP contribution is 2.32. The number of imidazole rings is 1. The molecule has 0 radical (unpaired) electrons. The standard InChI is InChI=1S/C14H20N2O4/c1-18-9-14-15-10-7-12(19-2)13(20-3)8-11(10)16(14)5-4-6-17/h7-8,17H,4-6,9H2,1-3H3. The Morgan fingerprint density at radius 3 is 2.45 bits per heavy atom. The number of methoxy groups -OCH3 is 3. The Bertz CT molecular complexity index is 580. The van der Waals surface area contributed by atoms with E-state index in [9.17, 15) is 0 Å². The molecule has 1 aromatic heterocycles. The lowest BCUT2D eigenvalue weighted by molar-refractivity contribution is 0.173. The molecule has 0 spiro atoms. The monoisotopic (exact) mass is 280 g/mol. The Labute approximate surface area is 117 Å². The summed E-state index contributed by atoms with van der Waals surface area (Å²) in [6.07, 6.45) is 0.663. The Kier molecular flexibility index (Phi) is 4.81. The first kappa shape index (κ1) is 14.6. The van der Waals surface area contributed by atoms with Gasteiger partial charge >= 0.3 is 0 Å². The highest BCUT2D eigenvalue weighted by molar-refractivity contribution is 5.80. The van der Waals surface area contributed by atoms with E-state index in [1.54, 1.807) is 21.3 Å². The summed E-state index contributed by atoms with van der Waals surface area (Å²) in [5.41, 5.74) is 1.77. The molecule has 0 unspecified atom stereocenters. The molecule has 0 aliphatic carbocycles. The van der Waals surface area contributed by atoms with Gasteiger partial charge in [-0.25, -0.2) is 4.98 Å². The number of hydrogen-bond donors (Lipinski definition) is 1. The fourth-order valence-electron chi connectivity index (χ4n) is 2.22. The zero-order chi connectivity index (χ0) is 14.5. The van der Waals surface area contributed by atoms with Gasteiger partial charge in [-0.15, -0.1) is 0 Å². The minimum atomic E-state index is 0.138. The van der Waals surface area contributed by atoms with Crippen molar-refractivity contribution in [3.8, 4) is 11.5 Å². The highest BCUT2D eigenvalue weighted by atomic mass is 16.5. The van der Waals surface area contributed by atoms with Crippen LogP contribution in [0.2, 0.25) is 0 Å². The smallest absolute Gasteiger partial charge is 0.163 e. The van der Waals surface area contributed by atoms with E-state index in [-0.39, 0.29) is 6.61 Å². The van der Waals surface area contributed by atoms with Crippen LogP contribution in [-0.4, -0.2) is 42.6 Å². The predicted octanol–water partition coefficient (Wildman–Crippen LogP) is 1.58. The summed E-state index contributed by atoms with van der Waals surface area (Å²) in [4.78, 5) is 4.56. The third-order valence-corrected chi connectivity index (χ3v) is 3.15. The van der Waals surface area contributed by atoms with Crippen molar-refractivity contribution in [1.29, 1.82) is 0 Å². The Morgan fingerprint density at radius 2 is 1.85 bits per heavy atom. The number of aliphatic hydroxyl groups excluding tert-OH is 1. The van der Waals surface area contributed by atoms with Crippen molar-refractivity contribution in [1.82, 2.24) is 9.55 Å². The molecule has 0 fully saturated rings. The maximum absolute atomic E-state index is 9.03. The molecule has 0 aliphatic heterocycles. The van der Waals surface area contributed by atoms with Gasteiger partial charge in [0.2, 0.25) is 0 Å². The molecule has 2 rings (SSSR count). The van der Waals surface area contributed by atoms with Gasteiger partial charge in [-0.3, -0.25) is 0 Å². The molecule has 0 atom stereocenters. The molecule has 0 aliphatic rings. The van der Waals surface area contributed by atoms with Crippen LogP contribution in [0.5, 0.6) is 11.5 Å². The van der Waals surface area contributed by atoms with E-state index in [0.29, 0.717) is 31.1 Å². The van der Waals surface area contributed by atoms with E-state index in [1.165, 1.54) is 0 Å². The first-order valence-electron chi connectivity index (χ1n) is 6.46. The van der Waals surface area contributed by atoms with Crippen LogP contribution in [0.15, 0.2) is 12.1 Å². The van der Waals surface area contributed by atoms with Gasteiger partial charge in [0.1, 0.15) is 12.4 Å². The van der Waals surface area contributed by atoms with Crippen molar-refractivity contribution in [2.45, 2.75) is 19.6 Å². The van der Waals surface area contributed by atoms with Gasteiger partial charge in [0.25, 0.3) is 0 Å². The molecule has 20 heavy (non-hydrogen) atoms. The second-order valence-corrected chi connectivity index (χ2v) is 4.39. The van der Waals surface area contributed by atoms with Crippen LogP contribution in [0.4, 0.5) is 0 Å². The maximum atomic E-state index is 9.03. The SMILES string of the molecule is COCc1nc2cc(OC)c(OC)cc2n1CCCO. The van der Waals surface area contributed by atoms with E-state index in [4.69, 9.17) is 19.3 Å². The number of hydrogen-bond acceptors (Lipinski definition) is 5. The average Bonchev–Trinajstić information content (AvgIpc) is 2.80. The minimum absolute atomic E-state index is 0.138. The molecule has 2 aromatic rings. The Hall–Kier alpha value is -1.79. The molecular weight excluding hydrogens is 260 g/mol.